The first-order chi connectivity index (χ1) is 13.9. The van der Waals surface area contributed by atoms with Gasteiger partial charge in [0.15, 0.2) is 5.60 Å². The molecule has 2 heterocycles. The highest BCUT2D eigenvalue weighted by molar-refractivity contribution is 9.10. The van der Waals surface area contributed by atoms with E-state index in [-0.39, 0.29) is 5.04 Å². The van der Waals surface area contributed by atoms with Gasteiger partial charge in [0.2, 0.25) is 8.32 Å². The summed E-state index contributed by atoms with van der Waals surface area (Å²) >= 11 is 6.82. The fourth-order valence-corrected chi connectivity index (χ4v) is 4.58. The molecular weight excluding hydrogens is 524 g/mol. The standard InChI is InChI=1S/C23H26Br2N2O2Si/c1-22(2,3)30(4,5)29-17-14-12-16(13-15-17)23(28,18-8-6-10-20(24)26-18)19-9-7-11-21(25)27-19/h6-15,28H,1-5H3. The highest BCUT2D eigenvalue weighted by Gasteiger charge is 2.40. The molecule has 2 aromatic heterocycles. The summed E-state index contributed by atoms with van der Waals surface area (Å²) in [6.07, 6.45) is 0. The summed E-state index contributed by atoms with van der Waals surface area (Å²) in [5.41, 5.74) is 0.130. The van der Waals surface area contributed by atoms with Crippen molar-refractivity contribution in [2.45, 2.75) is 44.5 Å². The van der Waals surface area contributed by atoms with Crippen molar-refractivity contribution in [1.82, 2.24) is 9.97 Å². The Hall–Kier alpha value is -1.54. The molecule has 0 saturated heterocycles. The third kappa shape index (κ3) is 4.69. The molecule has 0 aliphatic rings. The predicted octanol–water partition coefficient (Wildman–Crippen LogP) is 6.67. The van der Waals surface area contributed by atoms with E-state index in [0.29, 0.717) is 26.2 Å². The maximum atomic E-state index is 11.9. The average molecular weight is 550 g/mol. The fraction of sp³-hybridized carbons (Fsp3) is 0.304. The zero-order valence-corrected chi connectivity index (χ0v) is 22.0. The molecule has 0 bridgehead atoms. The van der Waals surface area contributed by atoms with E-state index in [1.165, 1.54) is 0 Å². The lowest BCUT2D eigenvalue weighted by atomic mass is 9.86. The number of rotatable bonds is 5. The third-order valence-corrected chi connectivity index (χ3v) is 10.9. The van der Waals surface area contributed by atoms with Gasteiger partial charge >= 0.3 is 0 Å². The minimum absolute atomic E-state index is 0.104. The van der Waals surface area contributed by atoms with Crippen molar-refractivity contribution < 1.29 is 9.53 Å². The van der Waals surface area contributed by atoms with E-state index in [2.05, 4.69) is 75.7 Å². The van der Waals surface area contributed by atoms with E-state index in [9.17, 15) is 5.11 Å². The second-order valence-electron chi connectivity index (χ2n) is 8.79. The first-order valence-corrected chi connectivity index (χ1v) is 14.2. The molecule has 0 atom stereocenters. The van der Waals surface area contributed by atoms with Gasteiger partial charge in [-0.3, -0.25) is 0 Å². The van der Waals surface area contributed by atoms with E-state index in [4.69, 9.17) is 4.43 Å². The summed E-state index contributed by atoms with van der Waals surface area (Å²) in [4.78, 5) is 9.06. The van der Waals surface area contributed by atoms with Gasteiger partial charge in [-0.25, -0.2) is 9.97 Å². The van der Waals surface area contributed by atoms with E-state index in [1.54, 1.807) is 12.1 Å². The zero-order valence-electron chi connectivity index (χ0n) is 17.8. The molecular formula is C23H26Br2N2O2Si. The van der Waals surface area contributed by atoms with Crippen molar-refractivity contribution in [2.24, 2.45) is 0 Å². The van der Waals surface area contributed by atoms with E-state index >= 15 is 0 Å². The van der Waals surface area contributed by atoms with Gasteiger partial charge in [-0.1, -0.05) is 45.0 Å². The van der Waals surface area contributed by atoms with Gasteiger partial charge in [-0.2, -0.15) is 0 Å². The van der Waals surface area contributed by atoms with Gasteiger partial charge < -0.3 is 9.53 Å². The van der Waals surface area contributed by atoms with E-state index in [0.717, 1.165) is 5.75 Å². The lowest BCUT2D eigenvalue weighted by Gasteiger charge is -2.36. The van der Waals surface area contributed by atoms with Crippen LogP contribution >= 0.6 is 31.9 Å². The molecule has 1 N–H and O–H groups in total. The Bertz CT molecular complexity index is 988. The topological polar surface area (TPSA) is 55.2 Å². The molecule has 0 amide bonds. The molecule has 0 fully saturated rings. The Morgan fingerprint density at radius 2 is 1.27 bits per heavy atom. The average Bonchev–Trinajstić information content (AvgIpc) is 2.67. The quantitative estimate of drug-likeness (QED) is 0.285. The SMILES string of the molecule is CC(C)(C)[Si](C)(C)Oc1ccc(C(O)(c2cccc(Br)n2)c2cccc(Br)n2)cc1. The monoisotopic (exact) mass is 548 g/mol. The number of pyridine rings is 2. The maximum Gasteiger partial charge on any atom is 0.250 e. The largest absolute Gasteiger partial charge is 0.544 e. The Balaban J connectivity index is 2.07. The number of hydrogen-bond donors (Lipinski definition) is 1. The molecule has 1 aromatic carbocycles. The number of benzene rings is 1. The summed E-state index contributed by atoms with van der Waals surface area (Å²) in [5.74, 6) is 0.803. The smallest absolute Gasteiger partial charge is 0.250 e. The van der Waals surface area contributed by atoms with Crippen LogP contribution in [0.15, 0.2) is 69.9 Å². The molecule has 0 aliphatic carbocycles. The number of nitrogens with zero attached hydrogens (tertiary/aromatic N) is 2. The van der Waals surface area contributed by atoms with Crippen LogP contribution in [0.1, 0.15) is 37.7 Å². The maximum absolute atomic E-state index is 11.9. The van der Waals surface area contributed by atoms with Gasteiger partial charge in [0.25, 0.3) is 0 Å². The van der Waals surface area contributed by atoms with E-state index in [1.807, 2.05) is 48.5 Å². The van der Waals surface area contributed by atoms with Crippen LogP contribution in [0.25, 0.3) is 0 Å². The van der Waals surface area contributed by atoms with Crippen molar-refractivity contribution in [2.75, 3.05) is 0 Å². The molecule has 7 heteroatoms. The van der Waals surface area contributed by atoms with Crippen molar-refractivity contribution in [3.63, 3.8) is 0 Å². The Kier molecular flexibility index (Phi) is 6.58. The summed E-state index contributed by atoms with van der Waals surface area (Å²) in [7, 11) is -1.95. The Labute approximate surface area is 196 Å². The predicted molar refractivity (Wildman–Crippen MR) is 130 cm³/mol. The molecule has 4 nitrogen and oxygen atoms in total. The van der Waals surface area contributed by atoms with Crippen LogP contribution in [-0.4, -0.2) is 23.4 Å². The van der Waals surface area contributed by atoms with Gasteiger partial charge in [0.05, 0.1) is 11.4 Å². The zero-order chi connectivity index (χ0) is 22.2. The number of halogens is 2. The van der Waals surface area contributed by atoms with Crippen molar-refractivity contribution >= 4 is 40.2 Å². The van der Waals surface area contributed by atoms with Crippen LogP contribution < -0.4 is 4.43 Å². The van der Waals surface area contributed by atoms with Gasteiger partial charge in [-0.15, -0.1) is 0 Å². The van der Waals surface area contributed by atoms with Gasteiger partial charge in [0, 0.05) is 0 Å². The first-order valence-electron chi connectivity index (χ1n) is 9.71. The molecule has 0 saturated carbocycles. The minimum Gasteiger partial charge on any atom is -0.544 e. The molecule has 0 spiro atoms. The van der Waals surface area contributed by atoms with Crippen LogP contribution in [0.3, 0.4) is 0 Å². The highest BCUT2D eigenvalue weighted by Crippen LogP contribution is 2.39. The molecule has 0 aliphatic heterocycles. The Morgan fingerprint density at radius 3 is 1.67 bits per heavy atom. The van der Waals surface area contributed by atoms with Crippen molar-refractivity contribution in [1.29, 1.82) is 0 Å². The van der Waals surface area contributed by atoms with Gasteiger partial charge in [-0.05, 0) is 92.0 Å². The number of hydrogen-bond acceptors (Lipinski definition) is 4. The van der Waals surface area contributed by atoms with Crippen LogP contribution in [0, 0.1) is 0 Å². The normalized spacial score (nSPS) is 12.7. The molecule has 0 unspecified atom stereocenters. The van der Waals surface area contributed by atoms with Crippen LogP contribution in [-0.2, 0) is 5.60 Å². The van der Waals surface area contributed by atoms with Crippen molar-refractivity contribution in [3.05, 3.63) is 86.8 Å². The summed E-state index contributed by atoms with van der Waals surface area (Å²) in [6.45, 7) is 11.1. The highest BCUT2D eigenvalue weighted by atomic mass is 79.9. The van der Waals surface area contributed by atoms with Crippen LogP contribution in [0.4, 0.5) is 0 Å². The molecule has 158 valence electrons. The summed E-state index contributed by atoms with van der Waals surface area (Å²) in [5, 5.41) is 12.0. The second-order valence-corrected chi connectivity index (χ2v) is 15.1. The Morgan fingerprint density at radius 1 is 0.800 bits per heavy atom. The summed E-state index contributed by atoms with van der Waals surface area (Å²) < 4.78 is 7.68. The lowest BCUT2D eigenvalue weighted by Crippen LogP contribution is -2.43. The second kappa shape index (κ2) is 8.53. The van der Waals surface area contributed by atoms with Crippen LogP contribution in [0.5, 0.6) is 5.75 Å². The van der Waals surface area contributed by atoms with E-state index < -0.39 is 13.9 Å². The molecule has 3 rings (SSSR count). The third-order valence-electron chi connectivity index (χ3n) is 5.62. The van der Waals surface area contributed by atoms with Crippen molar-refractivity contribution in [3.8, 4) is 5.75 Å². The fourth-order valence-electron chi connectivity index (χ4n) is 2.86. The lowest BCUT2D eigenvalue weighted by molar-refractivity contribution is 0.115. The number of aliphatic hydroxyl groups is 1. The first kappa shape index (κ1) is 23.1. The molecule has 3 aromatic rings. The number of aromatic nitrogens is 2. The summed E-state index contributed by atoms with van der Waals surface area (Å²) in [6, 6.07) is 18.5. The molecule has 0 radical (unpaired) electrons. The van der Waals surface area contributed by atoms with Gasteiger partial charge in [0.1, 0.15) is 15.0 Å². The van der Waals surface area contributed by atoms with Crippen LogP contribution in [0.2, 0.25) is 18.1 Å². The minimum atomic E-state index is -1.95. The molecule has 30 heavy (non-hydrogen) atoms.